The van der Waals surface area contributed by atoms with Crippen LogP contribution in [-0.4, -0.2) is 23.5 Å². The summed E-state index contributed by atoms with van der Waals surface area (Å²) < 4.78 is 0. The van der Waals surface area contributed by atoms with E-state index in [9.17, 15) is 9.59 Å². The predicted octanol–water partition coefficient (Wildman–Crippen LogP) is 1.65. The molecular formula is C13H21NO3. The normalized spacial score (nSPS) is 32.4. The third-order valence-corrected chi connectivity index (χ3v) is 4.11. The molecule has 0 bridgehead atoms. The summed E-state index contributed by atoms with van der Waals surface area (Å²) in [5.74, 6) is 0.842. The van der Waals surface area contributed by atoms with Gasteiger partial charge in [0.2, 0.25) is 5.91 Å². The Morgan fingerprint density at radius 1 is 1.29 bits per heavy atom. The molecule has 2 N–H and O–H groups in total. The first-order chi connectivity index (χ1) is 8.09. The van der Waals surface area contributed by atoms with Crippen LogP contribution in [-0.2, 0) is 9.59 Å². The molecule has 3 unspecified atom stereocenters. The van der Waals surface area contributed by atoms with E-state index in [1.54, 1.807) is 0 Å². The van der Waals surface area contributed by atoms with Crippen LogP contribution in [0.3, 0.4) is 0 Å². The van der Waals surface area contributed by atoms with Crippen LogP contribution in [0.1, 0.15) is 39.0 Å². The number of hydrogen-bond donors (Lipinski definition) is 2. The van der Waals surface area contributed by atoms with E-state index in [2.05, 4.69) is 5.32 Å². The molecule has 2 aliphatic carbocycles. The van der Waals surface area contributed by atoms with Gasteiger partial charge in [-0.3, -0.25) is 9.59 Å². The number of rotatable bonds is 5. The molecule has 0 aromatic heterocycles. The van der Waals surface area contributed by atoms with Gasteiger partial charge in [-0.05, 0) is 30.6 Å². The smallest absolute Gasteiger partial charge is 0.303 e. The average Bonchev–Trinajstić information content (AvgIpc) is 2.99. The van der Waals surface area contributed by atoms with Crippen LogP contribution >= 0.6 is 0 Å². The third kappa shape index (κ3) is 2.99. The van der Waals surface area contributed by atoms with E-state index >= 15 is 0 Å². The van der Waals surface area contributed by atoms with Gasteiger partial charge in [0.25, 0.3) is 0 Å². The Hall–Kier alpha value is -1.06. The summed E-state index contributed by atoms with van der Waals surface area (Å²) in [6.45, 7) is 2.34. The Morgan fingerprint density at radius 3 is 2.41 bits per heavy atom. The number of carbonyl (C=O) groups excluding carboxylic acids is 1. The van der Waals surface area contributed by atoms with Crippen molar-refractivity contribution in [3.05, 3.63) is 0 Å². The number of hydrogen-bond acceptors (Lipinski definition) is 2. The van der Waals surface area contributed by atoms with E-state index in [1.165, 1.54) is 25.7 Å². The number of carboxylic acids is 1. The van der Waals surface area contributed by atoms with Gasteiger partial charge in [0, 0.05) is 18.9 Å². The Labute approximate surface area is 102 Å². The zero-order valence-electron chi connectivity index (χ0n) is 10.3. The zero-order valence-corrected chi connectivity index (χ0v) is 10.3. The molecule has 4 heteroatoms. The molecule has 0 saturated heterocycles. The molecule has 0 spiro atoms. The minimum atomic E-state index is -0.799. The molecule has 0 heterocycles. The predicted molar refractivity (Wildman–Crippen MR) is 63.4 cm³/mol. The lowest BCUT2D eigenvalue weighted by molar-refractivity contribution is -0.138. The molecule has 0 radical (unpaired) electrons. The highest BCUT2D eigenvalue weighted by atomic mass is 16.4. The second-order valence-electron chi connectivity index (χ2n) is 5.59. The maximum atomic E-state index is 11.9. The molecule has 0 aromatic rings. The van der Waals surface area contributed by atoms with Gasteiger partial charge in [0.1, 0.15) is 0 Å². The second-order valence-corrected chi connectivity index (χ2v) is 5.59. The molecule has 2 fully saturated rings. The highest BCUT2D eigenvalue weighted by molar-refractivity contribution is 5.82. The van der Waals surface area contributed by atoms with E-state index in [-0.39, 0.29) is 24.2 Å². The molecule has 0 aliphatic heterocycles. The summed E-state index contributed by atoms with van der Waals surface area (Å²) in [4.78, 5) is 22.4. The van der Waals surface area contributed by atoms with Crippen molar-refractivity contribution >= 4 is 11.9 Å². The van der Waals surface area contributed by atoms with Crippen LogP contribution in [0.25, 0.3) is 0 Å². The van der Waals surface area contributed by atoms with Crippen molar-refractivity contribution < 1.29 is 14.7 Å². The van der Waals surface area contributed by atoms with Gasteiger partial charge in [-0.1, -0.05) is 19.8 Å². The number of amides is 1. The summed E-state index contributed by atoms with van der Waals surface area (Å²) in [7, 11) is 0. The summed E-state index contributed by atoms with van der Waals surface area (Å²) >= 11 is 0. The van der Waals surface area contributed by atoms with Crippen molar-refractivity contribution in [1.82, 2.24) is 5.32 Å². The van der Waals surface area contributed by atoms with Crippen LogP contribution in [0.5, 0.6) is 0 Å². The molecule has 1 amide bonds. The second kappa shape index (κ2) is 5.07. The lowest BCUT2D eigenvalue weighted by atomic mass is 10.0. The van der Waals surface area contributed by atoms with E-state index in [0.29, 0.717) is 18.4 Å². The van der Waals surface area contributed by atoms with Crippen molar-refractivity contribution in [2.75, 3.05) is 6.54 Å². The molecule has 0 aromatic carbocycles. The van der Waals surface area contributed by atoms with Crippen LogP contribution in [0.2, 0.25) is 0 Å². The molecule has 17 heavy (non-hydrogen) atoms. The highest BCUT2D eigenvalue weighted by Gasteiger charge is 2.54. The topological polar surface area (TPSA) is 66.4 Å². The fourth-order valence-corrected chi connectivity index (χ4v) is 3.14. The van der Waals surface area contributed by atoms with Crippen molar-refractivity contribution in [2.45, 2.75) is 39.0 Å². The molecule has 96 valence electrons. The zero-order chi connectivity index (χ0) is 12.4. The van der Waals surface area contributed by atoms with Crippen molar-refractivity contribution in [3.63, 3.8) is 0 Å². The first-order valence-electron chi connectivity index (χ1n) is 6.59. The van der Waals surface area contributed by atoms with Crippen molar-refractivity contribution in [2.24, 2.45) is 23.7 Å². The highest BCUT2D eigenvalue weighted by Crippen LogP contribution is 2.55. The van der Waals surface area contributed by atoms with Crippen LogP contribution in [0.4, 0.5) is 0 Å². The van der Waals surface area contributed by atoms with E-state index in [0.717, 1.165) is 0 Å². The maximum absolute atomic E-state index is 11.9. The average molecular weight is 239 g/mol. The Bertz CT molecular complexity index is 304. The van der Waals surface area contributed by atoms with E-state index in [1.807, 2.05) is 6.92 Å². The largest absolute Gasteiger partial charge is 0.481 e. The lowest BCUT2D eigenvalue weighted by Gasteiger charge is -2.10. The van der Waals surface area contributed by atoms with Crippen LogP contribution in [0, 0.1) is 23.7 Å². The quantitative estimate of drug-likeness (QED) is 0.766. The maximum Gasteiger partial charge on any atom is 0.303 e. The molecule has 3 atom stereocenters. The SMILES string of the molecule is CC(CNC(=O)C1C2CCCCC21)CC(=O)O. The van der Waals surface area contributed by atoms with Gasteiger partial charge in [0.15, 0.2) is 0 Å². The number of carbonyl (C=O) groups is 2. The fraction of sp³-hybridized carbons (Fsp3) is 0.846. The first-order valence-corrected chi connectivity index (χ1v) is 6.59. The summed E-state index contributed by atoms with van der Waals surface area (Å²) in [5.41, 5.74) is 0. The minimum absolute atomic E-state index is 0.0113. The number of fused-ring (bicyclic) bond motifs is 1. The Morgan fingerprint density at radius 2 is 1.88 bits per heavy atom. The summed E-state index contributed by atoms with van der Waals surface area (Å²) in [6, 6.07) is 0. The number of aliphatic carboxylic acids is 1. The minimum Gasteiger partial charge on any atom is -0.481 e. The van der Waals surface area contributed by atoms with Crippen molar-refractivity contribution in [3.8, 4) is 0 Å². The number of nitrogens with one attached hydrogen (secondary N) is 1. The Balaban J connectivity index is 1.70. The molecule has 2 rings (SSSR count). The van der Waals surface area contributed by atoms with Gasteiger partial charge in [-0.25, -0.2) is 0 Å². The van der Waals surface area contributed by atoms with Gasteiger partial charge < -0.3 is 10.4 Å². The summed E-state index contributed by atoms with van der Waals surface area (Å²) in [6.07, 6.45) is 5.05. The van der Waals surface area contributed by atoms with Crippen molar-refractivity contribution in [1.29, 1.82) is 0 Å². The van der Waals surface area contributed by atoms with Gasteiger partial charge >= 0.3 is 5.97 Å². The Kier molecular flexibility index (Phi) is 3.69. The fourth-order valence-electron chi connectivity index (χ4n) is 3.14. The monoisotopic (exact) mass is 239 g/mol. The molecule has 4 nitrogen and oxygen atoms in total. The van der Waals surface area contributed by atoms with Gasteiger partial charge in [-0.2, -0.15) is 0 Å². The van der Waals surface area contributed by atoms with Crippen LogP contribution < -0.4 is 5.32 Å². The molecule has 2 saturated carbocycles. The van der Waals surface area contributed by atoms with E-state index in [4.69, 9.17) is 5.11 Å². The lowest BCUT2D eigenvalue weighted by Crippen LogP contribution is -2.31. The van der Waals surface area contributed by atoms with Gasteiger partial charge in [0.05, 0.1) is 0 Å². The number of carboxylic acid groups (broad SMARTS) is 1. The first kappa shape index (κ1) is 12.4. The third-order valence-electron chi connectivity index (χ3n) is 4.11. The van der Waals surface area contributed by atoms with Gasteiger partial charge in [-0.15, -0.1) is 0 Å². The molecule has 2 aliphatic rings. The summed E-state index contributed by atoms with van der Waals surface area (Å²) in [5, 5.41) is 11.5. The standard InChI is InChI=1S/C13H21NO3/c1-8(6-11(15)16)7-14-13(17)12-9-4-2-3-5-10(9)12/h8-10,12H,2-7H2,1H3,(H,14,17)(H,15,16). The van der Waals surface area contributed by atoms with Crippen LogP contribution in [0.15, 0.2) is 0 Å². The molecular weight excluding hydrogens is 218 g/mol. The van der Waals surface area contributed by atoms with E-state index < -0.39 is 5.97 Å².